The highest BCUT2D eigenvalue weighted by Crippen LogP contribution is 2.27. The summed E-state index contributed by atoms with van der Waals surface area (Å²) in [6.07, 6.45) is 2.27. The second-order valence-corrected chi connectivity index (χ2v) is 5.80. The molecule has 0 saturated heterocycles. The van der Waals surface area contributed by atoms with Crippen molar-refractivity contribution in [3.05, 3.63) is 40.4 Å². The summed E-state index contributed by atoms with van der Waals surface area (Å²) < 4.78 is 1.17. The number of hydrogen-bond donors (Lipinski definition) is 1. The third-order valence-corrected chi connectivity index (χ3v) is 4.31. The van der Waals surface area contributed by atoms with Gasteiger partial charge in [0.1, 0.15) is 0 Å². The Kier molecular flexibility index (Phi) is 6.17. The molecule has 88 valence electrons. The average Bonchev–Trinajstić information content (AvgIpc) is 2.25. The van der Waals surface area contributed by atoms with Crippen LogP contribution in [0.15, 0.2) is 45.3 Å². The second kappa shape index (κ2) is 7.15. The summed E-state index contributed by atoms with van der Waals surface area (Å²) in [6.45, 7) is 4.26. The zero-order valence-corrected chi connectivity index (χ0v) is 12.4. The van der Waals surface area contributed by atoms with E-state index < -0.39 is 0 Å². The van der Waals surface area contributed by atoms with Crippen molar-refractivity contribution in [1.82, 2.24) is 5.32 Å². The molecule has 1 aromatic carbocycles. The molecule has 1 atom stereocenters. The van der Waals surface area contributed by atoms with Crippen molar-refractivity contribution in [2.45, 2.75) is 24.8 Å². The molecule has 0 aliphatic heterocycles. The first-order valence-corrected chi connectivity index (χ1v) is 7.11. The fourth-order valence-electron chi connectivity index (χ4n) is 1.36. The summed E-state index contributed by atoms with van der Waals surface area (Å²) in [7, 11) is 2.00. The number of rotatable bonds is 5. The fourth-order valence-corrected chi connectivity index (χ4v) is 2.99. The molecule has 0 fully saturated rings. The maximum atomic E-state index is 3.56. The Hall–Kier alpha value is -0.250. The minimum absolute atomic E-state index is 0.433. The van der Waals surface area contributed by atoms with Gasteiger partial charge in [0.2, 0.25) is 0 Å². The van der Waals surface area contributed by atoms with Gasteiger partial charge in [-0.15, -0.1) is 11.8 Å². The van der Waals surface area contributed by atoms with Crippen LogP contribution in [-0.2, 0) is 0 Å². The van der Waals surface area contributed by atoms with Crippen LogP contribution in [-0.4, -0.2) is 18.8 Å². The van der Waals surface area contributed by atoms with Gasteiger partial charge in [0.25, 0.3) is 0 Å². The van der Waals surface area contributed by atoms with Crippen LogP contribution in [0.4, 0.5) is 0 Å². The van der Waals surface area contributed by atoms with E-state index in [0.29, 0.717) is 6.04 Å². The molecule has 16 heavy (non-hydrogen) atoms. The van der Waals surface area contributed by atoms with Crippen molar-refractivity contribution in [3.63, 3.8) is 0 Å². The van der Waals surface area contributed by atoms with E-state index in [1.807, 2.05) is 24.9 Å². The molecule has 0 aliphatic carbocycles. The lowest BCUT2D eigenvalue weighted by Crippen LogP contribution is -2.25. The predicted molar refractivity (Wildman–Crippen MR) is 77.1 cm³/mol. The van der Waals surface area contributed by atoms with E-state index in [4.69, 9.17) is 0 Å². The summed E-state index contributed by atoms with van der Waals surface area (Å²) in [5.74, 6) is 1.05. The number of halogens is 1. The minimum atomic E-state index is 0.433. The average molecular weight is 300 g/mol. The smallest absolute Gasteiger partial charge is 0.0344 e. The Balaban J connectivity index is 2.56. The van der Waals surface area contributed by atoms with Gasteiger partial charge in [0.15, 0.2) is 0 Å². The maximum Gasteiger partial charge on any atom is 0.0344 e. The first-order valence-electron chi connectivity index (χ1n) is 5.33. The topological polar surface area (TPSA) is 12.0 Å². The van der Waals surface area contributed by atoms with Crippen molar-refractivity contribution in [1.29, 1.82) is 0 Å². The molecule has 3 heteroatoms. The predicted octanol–water partition coefficient (Wildman–Crippen LogP) is 4.10. The van der Waals surface area contributed by atoms with Crippen molar-refractivity contribution >= 4 is 27.7 Å². The van der Waals surface area contributed by atoms with E-state index in [-0.39, 0.29) is 0 Å². The first-order chi connectivity index (χ1) is 7.63. The van der Waals surface area contributed by atoms with Crippen LogP contribution in [0.3, 0.4) is 0 Å². The van der Waals surface area contributed by atoms with Gasteiger partial charge in [-0.2, -0.15) is 0 Å². The molecule has 0 radical (unpaired) electrons. The Bertz CT molecular complexity index is 359. The van der Waals surface area contributed by atoms with Gasteiger partial charge in [0, 0.05) is 21.2 Å². The third-order valence-electron chi connectivity index (χ3n) is 2.16. The van der Waals surface area contributed by atoms with Gasteiger partial charge in [-0.3, -0.25) is 0 Å². The molecule has 0 aromatic heterocycles. The summed E-state index contributed by atoms with van der Waals surface area (Å²) in [5.41, 5.74) is 1.35. The van der Waals surface area contributed by atoms with E-state index in [0.717, 1.165) is 5.75 Å². The number of likely N-dealkylation sites (N-methyl/N-ethyl adjacent to an activating group) is 1. The summed E-state index contributed by atoms with van der Waals surface area (Å²) in [5, 5.41) is 3.31. The highest BCUT2D eigenvalue weighted by molar-refractivity contribution is 9.10. The van der Waals surface area contributed by atoms with Crippen LogP contribution in [0.2, 0.25) is 0 Å². The molecule has 1 aromatic rings. The SMILES string of the molecule is CNC(C=C(C)C)CSc1ccccc1Br. The van der Waals surface area contributed by atoms with Gasteiger partial charge in [-0.1, -0.05) is 23.8 Å². The molecule has 1 rings (SSSR count). The Labute approximate surface area is 111 Å². The van der Waals surface area contributed by atoms with Gasteiger partial charge in [-0.25, -0.2) is 0 Å². The molecule has 1 unspecified atom stereocenters. The summed E-state index contributed by atoms with van der Waals surface area (Å²) >= 11 is 5.43. The summed E-state index contributed by atoms with van der Waals surface area (Å²) in [6, 6.07) is 8.77. The van der Waals surface area contributed by atoms with Crippen LogP contribution in [0, 0.1) is 0 Å². The Morgan fingerprint density at radius 3 is 2.69 bits per heavy atom. The molecule has 0 saturated carbocycles. The maximum absolute atomic E-state index is 3.56. The standard InChI is InChI=1S/C13H18BrNS/c1-10(2)8-11(15-3)9-16-13-7-5-4-6-12(13)14/h4-8,11,15H,9H2,1-3H3. The fraction of sp³-hybridized carbons (Fsp3) is 0.385. The molecule has 1 nitrogen and oxygen atoms in total. The van der Waals surface area contributed by atoms with Crippen molar-refractivity contribution in [3.8, 4) is 0 Å². The van der Waals surface area contributed by atoms with Gasteiger partial charge in [0.05, 0.1) is 0 Å². The van der Waals surface area contributed by atoms with Crippen molar-refractivity contribution in [2.75, 3.05) is 12.8 Å². The number of benzene rings is 1. The monoisotopic (exact) mass is 299 g/mol. The largest absolute Gasteiger partial charge is 0.313 e. The number of thioether (sulfide) groups is 1. The Morgan fingerprint density at radius 2 is 2.12 bits per heavy atom. The quantitative estimate of drug-likeness (QED) is 0.649. The zero-order valence-electron chi connectivity index (χ0n) is 9.96. The van der Waals surface area contributed by atoms with E-state index in [2.05, 4.69) is 59.4 Å². The second-order valence-electron chi connectivity index (χ2n) is 3.88. The highest BCUT2D eigenvalue weighted by atomic mass is 79.9. The lowest BCUT2D eigenvalue weighted by Gasteiger charge is -2.12. The van der Waals surface area contributed by atoms with Crippen LogP contribution >= 0.6 is 27.7 Å². The highest BCUT2D eigenvalue weighted by Gasteiger charge is 2.05. The number of hydrogen-bond acceptors (Lipinski definition) is 2. The van der Waals surface area contributed by atoms with Gasteiger partial charge >= 0.3 is 0 Å². The van der Waals surface area contributed by atoms with Crippen LogP contribution in [0.25, 0.3) is 0 Å². The zero-order chi connectivity index (χ0) is 12.0. The van der Waals surface area contributed by atoms with E-state index >= 15 is 0 Å². The molecular weight excluding hydrogens is 282 g/mol. The lowest BCUT2D eigenvalue weighted by atomic mass is 10.2. The van der Waals surface area contributed by atoms with E-state index in [1.165, 1.54) is 14.9 Å². The molecular formula is C13H18BrNS. The van der Waals surface area contributed by atoms with Crippen LogP contribution in [0.1, 0.15) is 13.8 Å². The van der Waals surface area contributed by atoms with E-state index in [1.54, 1.807) is 0 Å². The first kappa shape index (κ1) is 13.8. The molecule has 0 bridgehead atoms. The molecule has 0 aliphatic rings. The van der Waals surface area contributed by atoms with Crippen molar-refractivity contribution < 1.29 is 0 Å². The lowest BCUT2D eigenvalue weighted by molar-refractivity contribution is 0.733. The third kappa shape index (κ3) is 4.73. The number of nitrogens with one attached hydrogen (secondary N) is 1. The molecule has 0 heterocycles. The Morgan fingerprint density at radius 1 is 1.44 bits per heavy atom. The molecule has 1 N–H and O–H groups in total. The van der Waals surface area contributed by atoms with Gasteiger partial charge < -0.3 is 5.32 Å². The normalized spacial score (nSPS) is 12.2. The van der Waals surface area contributed by atoms with Crippen LogP contribution in [0.5, 0.6) is 0 Å². The summed E-state index contributed by atoms with van der Waals surface area (Å²) in [4.78, 5) is 1.30. The molecule has 0 amide bonds. The van der Waals surface area contributed by atoms with E-state index in [9.17, 15) is 0 Å². The van der Waals surface area contributed by atoms with Crippen molar-refractivity contribution in [2.24, 2.45) is 0 Å². The number of allylic oxidation sites excluding steroid dienone is 1. The molecule has 0 spiro atoms. The van der Waals surface area contributed by atoms with Gasteiger partial charge in [-0.05, 0) is 49.0 Å². The minimum Gasteiger partial charge on any atom is -0.313 e. The van der Waals surface area contributed by atoms with Crippen LogP contribution < -0.4 is 5.32 Å².